The van der Waals surface area contributed by atoms with E-state index in [0.717, 1.165) is 29.2 Å². The van der Waals surface area contributed by atoms with Crippen molar-refractivity contribution in [2.75, 3.05) is 27.3 Å². The molecule has 6 nitrogen and oxygen atoms in total. The molecule has 1 aromatic heterocycles. The van der Waals surface area contributed by atoms with Crippen LogP contribution in [-0.4, -0.2) is 44.2 Å². The summed E-state index contributed by atoms with van der Waals surface area (Å²) < 4.78 is 10.6. The van der Waals surface area contributed by atoms with Gasteiger partial charge in [0.2, 0.25) is 0 Å². The van der Waals surface area contributed by atoms with E-state index in [1.807, 2.05) is 25.1 Å². The van der Waals surface area contributed by atoms with Crippen molar-refractivity contribution >= 4 is 42.1 Å². The molecule has 0 aliphatic carbocycles. The van der Waals surface area contributed by atoms with Gasteiger partial charge in [-0.3, -0.25) is 4.79 Å². The SMILES string of the molecule is COc1ccc(-c2nc(C)c(C(=O)NCC3CCCN3)s2)cc1OC.Cl.Cl. The van der Waals surface area contributed by atoms with E-state index in [1.165, 1.54) is 17.8 Å². The summed E-state index contributed by atoms with van der Waals surface area (Å²) in [4.78, 5) is 17.7. The molecular formula is C18H25Cl2N3O3S. The van der Waals surface area contributed by atoms with Gasteiger partial charge in [-0.15, -0.1) is 36.2 Å². The first kappa shape index (κ1) is 23.5. The summed E-state index contributed by atoms with van der Waals surface area (Å²) in [5, 5.41) is 7.19. The predicted molar refractivity (Wildman–Crippen MR) is 113 cm³/mol. The van der Waals surface area contributed by atoms with Gasteiger partial charge in [0.05, 0.1) is 19.9 Å². The first-order valence-corrected chi connectivity index (χ1v) is 9.15. The Morgan fingerprint density at radius 2 is 2.04 bits per heavy atom. The number of aryl methyl sites for hydroxylation is 1. The average Bonchev–Trinajstić information content (AvgIpc) is 3.28. The maximum absolute atomic E-state index is 12.5. The van der Waals surface area contributed by atoms with Gasteiger partial charge in [0.15, 0.2) is 11.5 Å². The summed E-state index contributed by atoms with van der Waals surface area (Å²) in [7, 11) is 3.21. The predicted octanol–water partition coefficient (Wildman–Crippen LogP) is 3.46. The molecule has 0 bridgehead atoms. The first-order valence-electron chi connectivity index (χ1n) is 8.33. The number of carbonyl (C=O) groups is 1. The van der Waals surface area contributed by atoms with Crippen LogP contribution in [0.15, 0.2) is 18.2 Å². The third-order valence-electron chi connectivity index (χ3n) is 4.30. The fourth-order valence-corrected chi connectivity index (χ4v) is 3.91. The molecule has 2 heterocycles. The zero-order valence-corrected chi connectivity index (χ0v) is 18.0. The first-order chi connectivity index (χ1) is 12.1. The molecule has 1 amide bonds. The normalized spacial score (nSPS) is 15.4. The maximum Gasteiger partial charge on any atom is 0.263 e. The molecule has 1 unspecified atom stereocenters. The lowest BCUT2D eigenvalue weighted by Gasteiger charge is -2.10. The molecular weight excluding hydrogens is 409 g/mol. The van der Waals surface area contributed by atoms with Crippen molar-refractivity contribution in [1.82, 2.24) is 15.6 Å². The van der Waals surface area contributed by atoms with Crippen LogP contribution in [0.3, 0.4) is 0 Å². The summed E-state index contributed by atoms with van der Waals surface area (Å²) in [5.74, 6) is 1.25. The van der Waals surface area contributed by atoms with E-state index in [4.69, 9.17) is 9.47 Å². The van der Waals surface area contributed by atoms with E-state index in [-0.39, 0.29) is 30.7 Å². The molecule has 1 aliphatic heterocycles. The monoisotopic (exact) mass is 433 g/mol. The van der Waals surface area contributed by atoms with Gasteiger partial charge in [-0.25, -0.2) is 4.98 Å². The minimum Gasteiger partial charge on any atom is -0.493 e. The van der Waals surface area contributed by atoms with Crippen LogP contribution in [-0.2, 0) is 0 Å². The number of aromatic nitrogens is 1. The third-order valence-corrected chi connectivity index (χ3v) is 5.51. The largest absolute Gasteiger partial charge is 0.493 e. The van der Waals surface area contributed by atoms with Crippen molar-refractivity contribution in [3.8, 4) is 22.1 Å². The van der Waals surface area contributed by atoms with E-state index in [1.54, 1.807) is 14.2 Å². The summed E-state index contributed by atoms with van der Waals surface area (Å²) in [6, 6.07) is 6.02. The Balaban J connectivity index is 0.00000182. The third kappa shape index (κ3) is 5.48. The van der Waals surface area contributed by atoms with Crippen LogP contribution >= 0.6 is 36.2 Å². The van der Waals surface area contributed by atoms with Crippen molar-refractivity contribution in [3.05, 3.63) is 28.8 Å². The average molecular weight is 434 g/mol. The van der Waals surface area contributed by atoms with Crippen LogP contribution in [0.5, 0.6) is 11.5 Å². The lowest BCUT2D eigenvalue weighted by molar-refractivity contribution is 0.0953. The van der Waals surface area contributed by atoms with E-state index in [0.29, 0.717) is 29.0 Å². The summed E-state index contributed by atoms with van der Waals surface area (Å²) in [5.41, 5.74) is 1.65. The van der Waals surface area contributed by atoms with E-state index >= 15 is 0 Å². The van der Waals surface area contributed by atoms with E-state index in [9.17, 15) is 4.79 Å². The summed E-state index contributed by atoms with van der Waals surface area (Å²) >= 11 is 1.40. The van der Waals surface area contributed by atoms with Gasteiger partial charge in [-0.2, -0.15) is 0 Å². The van der Waals surface area contributed by atoms with Gasteiger partial charge >= 0.3 is 0 Å². The summed E-state index contributed by atoms with van der Waals surface area (Å²) in [6.45, 7) is 3.55. The second-order valence-electron chi connectivity index (χ2n) is 6.01. The molecule has 2 aromatic rings. The molecule has 150 valence electrons. The Morgan fingerprint density at radius 3 is 2.67 bits per heavy atom. The standard InChI is InChI=1S/C18H23N3O3S.2ClH/c1-11-16(17(22)20-10-13-5-4-8-19-13)25-18(21-11)12-6-7-14(23-2)15(9-12)24-3;;/h6-7,9,13,19H,4-5,8,10H2,1-3H3,(H,20,22);2*1H. The fraction of sp³-hybridized carbons (Fsp3) is 0.444. The number of nitrogens with zero attached hydrogens (tertiary/aromatic N) is 1. The number of hydrogen-bond acceptors (Lipinski definition) is 6. The highest BCUT2D eigenvalue weighted by Crippen LogP contribution is 2.34. The van der Waals surface area contributed by atoms with Gasteiger partial charge < -0.3 is 20.1 Å². The van der Waals surface area contributed by atoms with Gasteiger partial charge in [-0.1, -0.05) is 0 Å². The maximum atomic E-state index is 12.5. The number of benzene rings is 1. The highest BCUT2D eigenvalue weighted by Gasteiger charge is 2.19. The number of methoxy groups -OCH3 is 2. The number of nitrogens with one attached hydrogen (secondary N) is 2. The van der Waals surface area contributed by atoms with Crippen LogP contribution in [0, 0.1) is 6.92 Å². The Labute approximate surface area is 175 Å². The quantitative estimate of drug-likeness (QED) is 0.729. The number of halogens is 2. The van der Waals surface area contributed by atoms with Crippen molar-refractivity contribution in [2.24, 2.45) is 0 Å². The Kier molecular flexibility index (Phi) is 9.32. The molecule has 3 rings (SSSR count). The molecule has 27 heavy (non-hydrogen) atoms. The lowest BCUT2D eigenvalue weighted by Crippen LogP contribution is -2.37. The Morgan fingerprint density at radius 1 is 1.30 bits per heavy atom. The van der Waals surface area contributed by atoms with Crippen LogP contribution in [0.2, 0.25) is 0 Å². The van der Waals surface area contributed by atoms with E-state index in [2.05, 4.69) is 15.6 Å². The Bertz CT molecular complexity index is 764. The number of carbonyl (C=O) groups excluding carboxylic acids is 1. The molecule has 0 saturated carbocycles. The topological polar surface area (TPSA) is 72.5 Å². The van der Waals surface area contributed by atoms with Crippen molar-refractivity contribution < 1.29 is 14.3 Å². The van der Waals surface area contributed by atoms with Crippen molar-refractivity contribution in [3.63, 3.8) is 0 Å². The summed E-state index contributed by atoms with van der Waals surface area (Å²) in [6.07, 6.45) is 2.28. The molecule has 1 saturated heterocycles. The highest BCUT2D eigenvalue weighted by atomic mass is 35.5. The molecule has 0 radical (unpaired) electrons. The zero-order valence-electron chi connectivity index (χ0n) is 15.5. The minimum absolute atomic E-state index is 0. The van der Waals surface area contributed by atoms with Crippen LogP contribution in [0.25, 0.3) is 10.6 Å². The molecule has 9 heteroatoms. The van der Waals surface area contributed by atoms with E-state index < -0.39 is 0 Å². The molecule has 1 aliphatic rings. The fourth-order valence-electron chi connectivity index (χ4n) is 2.93. The van der Waals surface area contributed by atoms with Gasteiger partial charge in [0.1, 0.15) is 9.88 Å². The zero-order chi connectivity index (χ0) is 17.8. The van der Waals surface area contributed by atoms with Gasteiger partial charge in [0, 0.05) is 18.2 Å². The number of hydrogen-bond donors (Lipinski definition) is 2. The molecule has 2 N–H and O–H groups in total. The number of rotatable bonds is 6. The van der Waals surface area contributed by atoms with Crippen LogP contribution in [0.1, 0.15) is 28.2 Å². The molecule has 1 atom stereocenters. The minimum atomic E-state index is -0.0598. The molecule has 0 spiro atoms. The Hall–Kier alpha value is -1.54. The second kappa shape index (κ2) is 10.7. The van der Waals surface area contributed by atoms with Crippen molar-refractivity contribution in [2.45, 2.75) is 25.8 Å². The van der Waals surface area contributed by atoms with Crippen molar-refractivity contribution in [1.29, 1.82) is 0 Å². The van der Waals surface area contributed by atoms with Gasteiger partial charge in [-0.05, 0) is 44.5 Å². The number of ether oxygens (including phenoxy) is 2. The smallest absolute Gasteiger partial charge is 0.263 e. The lowest BCUT2D eigenvalue weighted by atomic mass is 10.2. The number of thiazole rings is 1. The second-order valence-corrected chi connectivity index (χ2v) is 7.01. The van der Waals surface area contributed by atoms with Gasteiger partial charge in [0.25, 0.3) is 5.91 Å². The van der Waals surface area contributed by atoms with Crippen LogP contribution < -0.4 is 20.1 Å². The molecule has 1 fully saturated rings. The van der Waals surface area contributed by atoms with Crippen LogP contribution in [0.4, 0.5) is 0 Å². The number of amides is 1. The highest BCUT2D eigenvalue weighted by molar-refractivity contribution is 7.17. The molecule has 1 aromatic carbocycles.